The molecule has 0 radical (unpaired) electrons. The molecule has 17 heavy (non-hydrogen) atoms. The van der Waals surface area contributed by atoms with Crippen molar-refractivity contribution in [3.05, 3.63) is 12.2 Å². The maximum Gasteiger partial charge on any atom is 0.155 e. The monoisotopic (exact) mass is 238 g/mol. The Bertz CT molecular complexity index is 206. The van der Waals surface area contributed by atoms with Gasteiger partial charge < -0.3 is 0 Å². The van der Waals surface area contributed by atoms with Crippen molar-refractivity contribution in [1.29, 1.82) is 0 Å². The zero-order valence-electron chi connectivity index (χ0n) is 11.9. The quantitative estimate of drug-likeness (QED) is 0.327. The molecule has 0 bridgehead atoms. The van der Waals surface area contributed by atoms with Crippen LogP contribution < -0.4 is 0 Å². The minimum Gasteiger partial charge on any atom is -0.295 e. The average molecular weight is 238 g/mol. The largest absolute Gasteiger partial charge is 0.295 e. The van der Waals surface area contributed by atoms with Crippen LogP contribution in [0.25, 0.3) is 0 Å². The van der Waals surface area contributed by atoms with Gasteiger partial charge in [0.05, 0.1) is 0 Å². The van der Waals surface area contributed by atoms with Gasteiger partial charge in [-0.3, -0.25) is 4.79 Å². The third-order valence-corrected chi connectivity index (χ3v) is 3.33. The van der Waals surface area contributed by atoms with Gasteiger partial charge in [0.15, 0.2) is 5.78 Å². The molecule has 0 saturated heterocycles. The Labute approximate surface area is 108 Å². The number of rotatable bonds is 12. The van der Waals surface area contributed by atoms with E-state index in [0.29, 0.717) is 0 Å². The minimum atomic E-state index is 0.154. The van der Waals surface area contributed by atoms with E-state index in [9.17, 15) is 4.79 Å². The molecular formula is C16H30O. The summed E-state index contributed by atoms with van der Waals surface area (Å²) in [5.74, 6) is 0.154. The highest BCUT2D eigenvalue weighted by Gasteiger charge is 1.99. The summed E-state index contributed by atoms with van der Waals surface area (Å²) < 4.78 is 0. The molecule has 0 unspecified atom stereocenters. The lowest BCUT2D eigenvalue weighted by atomic mass is 10.0. The number of Topliss-reactive ketones (excluding diaryl/α,β-unsaturated/α-hetero) is 1. The zero-order chi connectivity index (χ0) is 12.9. The molecule has 0 fully saturated rings. The number of carbonyl (C=O) groups excluding carboxylic acids is 1. The Hall–Kier alpha value is -0.590. The lowest BCUT2D eigenvalue weighted by molar-refractivity contribution is -0.113. The molecule has 100 valence electrons. The van der Waals surface area contributed by atoms with Crippen molar-refractivity contribution in [3.63, 3.8) is 0 Å². The fourth-order valence-corrected chi connectivity index (χ4v) is 2.00. The van der Waals surface area contributed by atoms with E-state index in [0.717, 1.165) is 18.4 Å². The van der Waals surface area contributed by atoms with E-state index in [1.165, 1.54) is 57.8 Å². The first-order valence-corrected chi connectivity index (χ1v) is 7.37. The fraction of sp³-hybridized carbons (Fsp3) is 0.812. The van der Waals surface area contributed by atoms with Gasteiger partial charge in [0.25, 0.3) is 0 Å². The summed E-state index contributed by atoms with van der Waals surface area (Å²) in [6.07, 6.45) is 14.3. The Balaban J connectivity index is 3.08. The van der Waals surface area contributed by atoms with E-state index in [2.05, 4.69) is 13.5 Å². The summed E-state index contributed by atoms with van der Waals surface area (Å²) in [5, 5.41) is 0. The summed E-state index contributed by atoms with van der Waals surface area (Å²) in [6.45, 7) is 7.65. The van der Waals surface area contributed by atoms with Crippen LogP contribution in [-0.4, -0.2) is 5.78 Å². The van der Waals surface area contributed by atoms with Crippen LogP contribution in [0.5, 0.6) is 0 Å². The molecule has 0 aliphatic rings. The smallest absolute Gasteiger partial charge is 0.155 e. The molecule has 0 aromatic rings. The molecule has 0 aliphatic carbocycles. The molecular weight excluding hydrogens is 208 g/mol. The lowest BCUT2D eigenvalue weighted by Gasteiger charge is -2.03. The topological polar surface area (TPSA) is 17.1 Å². The van der Waals surface area contributed by atoms with Crippen LogP contribution in [0.15, 0.2) is 12.2 Å². The van der Waals surface area contributed by atoms with Crippen LogP contribution in [-0.2, 0) is 4.79 Å². The maximum absolute atomic E-state index is 10.9. The van der Waals surface area contributed by atoms with Gasteiger partial charge >= 0.3 is 0 Å². The molecule has 0 aromatic heterocycles. The van der Waals surface area contributed by atoms with E-state index in [-0.39, 0.29) is 5.78 Å². The number of ketones is 1. The Morgan fingerprint density at radius 2 is 1.24 bits per heavy atom. The van der Waals surface area contributed by atoms with Crippen molar-refractivity contribution >= 4 is 5.78 Å². The van der Waals surface area contributed by atoms with E-state index in [4.69, 9.17) is 0 Å². The standard InChI is InChI=1S/C16H30O/c1-4-5-6-7-8-9-10-11-12-13-14-15(2)16(3)17/h2,4-14H2,1,3H3. The lowest BCUT2D eigenvalue weighted by Crippen LogP contribution is -1.94. The summed E-state index contributed by atoms with van der Waals surface area (Å²) in [5.41, 5.74) is 0.796. The average Bonchev–Trinajstić information content (AvgIpc) is 2.31. The second-order valence-electron chi connectivity index (χ2n) is 5.09. The van der Waals surface area contributed by atoms with Gasteiger partial charge in [-0.1, -0.05) is 71.3 Å². The van der Waals surface area contributed by atoms with E-state index in [1.54, 1.807) is 6.92 Å². The SMILES string of the molecule is C=C(CCCCCCCCCCCC)C(C)=O. The predicted octanol–water partition coefficient (Wildman–Crippen LogP) is 5.44. The number of carbonyl (C=O) groups is 1. The molecule has 0 N–H and O–H groups in total. The van der Waals surface area contributed by atoms with Crippen molar-refractivity contribution < 1.29 is 4.79 Å². The van der Waals surface area contributed by atoms with Gasteiger partial charge in [-0.05, 0) is 25.3 Å². The third-order valence-electron chi connectivity index (χ3n) is 3.33. The molecule has 0 atom stereocenters. The van der Waals surface area contributed by atoms with Crippen molar-refractivity contribution in [2.45, 2.75) is 84.5 Å². The summed E-state index contributed by atoms with van der Waals surface area (Å²) in [7, 11) is 0. The first kappa shape index (κ1) is 16.4. The molecule has 0 spiro atoms. The molecule has 0 amide bonds. The highest BCUT2D eigenvalue weighted by atomic mass is 16.1. The summed E-state index contributed by atoms with van der Waals surface area (Å²) in [6, 6.07) is 0. The highest BCUT2D eigenvalue weighted by molar-refractivity contribution is 5.92. The molecule has 0 aromatic carbocycles. The van der Waals surface area contributed by atoms with Crippen molar-refractivity contribution in [1.82, 2.24) is 0 Å². The third kappa shape index (κ3) is 11.7. The van der Waals surface area contributed by atoms with Crippen LogP contribution in [0, 0.1) is 0 Å². The first-order valence-electron chi connectivity index (χ1n) is 7.37. The molecule has 1 heteroatoms. The van der Waals surface area contributed by atoms with E-state index < -0.39 is 0 Å². The zero-order valence-corrected chi connectivity index (χ0v) is 11.9. The summed E-state index contributed by atoms with van der Waals surface area (Å²) >= 11 is 0. The number of allylic oxidation sites excluding steroid dienone is 1. The number of hydrogen-bond acceptors (Lipinski definition) is 1. The second kappa shape index (κ2) is 11.9. The van der Waals surface area contributed by atoms with Crippen LogP contribution >= 0.6 is 0 Å². The van der Waals surface area contributed by atoms with Crippen molar-refractivity contribution in [2.24, 2.45) is 0 Å². The molecule has 0 aliphatic heterocycles. The van der Waals surface area contributed by atoms with Gasteiger partial charge in [-0.25, -0.2) is 0 Å². The molecule has 0 heterocycles. The fourth-order valence-electron chi connectivity index (χ4n) is 2.00. The molecule has 0 saturated carbocycles. The van der Waals surface area contributed by atoms with Gasteiger partial charge in [0.1, 0.15) is 0 Å². The normalized spacial score (nSPS) is 10.5. The maximum atomic E-state index is 10.9. The van der Waals surface area contributed by atoms with Crippen LogP contribution in [0.2, 0.25) is 0 Å². The van der Waals surface area contributed by atoms with Crippen molar-refractivity contribution in [3.8, 4) is 0 Å². The number of hydrogen-bond donors (Lipinski definition) is 0. The Kier molecular flexibility index (Phi) is 11.5. The van der Waals surface area contributed by atoms with Crippen LogP contribution in [0.3, 0.4) is 0 Å². The first-order chi connectivity index (χ1) is 8.18. The van der Waals surface area contributed by atoms with Gasteiger partial charge in [-0.2, -0.15) is 0 Å². The predicted molar refractivity (Wildman–Crippen MR) is 76.3 cm³/mol. The summed E-state index contributed by atoms with van der Waals surface area (Å²) in [4.78, 5) is 10.9. The van der Waals surface area contributed by atoms with Crippen LogP contribution in [0.4, 0.5) is 0 Å². The van der Waals surface area contributed by atoms with Crippen LogP contribution in [0.1, 0.15) is 84.5 Å². The Morgan fingerprint density at radius 3 is 1.65 bits per heavy atom. The van der Waals surface area contributed by atoms with Gasteiger partial charge in [0.2, 0.25) is 0 Å². The minimum absolute atomic E-state index is 0.154. The van der Waals surface area contributed by atoms with Crippen molar-refractivity contribution in [2.75, 3.05) is 0 Å². The van der Waals surface area contributed by atoms with Gasteiger partial charge in [0, 0.05) is 0 Å². The Morgan fingerprint density at radius 1 is 0.824 bits per heavy atom. The highest BCUT2D eigenvalue weighted by Crippen LogP contribution is 2.13. The number of unbranched alkanes of at least 4 members (excludes halogenated alkanes) is 9. The van der Waals surface area contributed by atoms with E-state index in [1.807, 2.05) is 0 Å². The van der Waals surface area contributed by atoms with Gasteiger partial charge in [-0.15, -0.1) is 0 Å². The molecule has 0 rings (SSSR count). The second-order valence-corrected chi connectivity index (χ2v) is 5.09. The molecule has 1 nitrogen and oxygen atoms in total. The van der Waals surface area contributed by atoms with E-state index >= 15 is 0 Å².